The molecule has 27 heavy (non-hydrogen) atoms. The SMILES string of the molecule is C=CC[C@@]1(c2ccc(F)cc2)CCN([C@H](C)c2ccc(Cl)c(F)c2)C(=O)O1. The van der Waals surface area contributed by atoms with Crippen molar-refractivity contribution in [2.75, 3.05) is 6.54 Å². The summed E-state index contributed by atoms with van der Waals surface area (Å²) in [6.45, 7) is 5.97. The molecule has 0 aliphatic carbocycles. The van der Waals surface area contributed by atoms with E-state index in [0.717, 1.165) is 5.56 Å². The molecule has 1 heterocycles. The summed E-state index contributed by atoms with van der Waals surface area (Å²) < 4.78 is 32.9. The molecule has 142 valence electrons. The Morgan fingerprint density at radius 2 is 2.00 bits per heavy atom. The van der Waals surface area contributed by atoms with Gasteiger partial charge in [0.2, 0.25) is 0 Å². The van der Waals surface area contributed by atoms with E-state index in [1.807, 2.05) is 6.92 Å². The van der Waals surface area contributed by atoms with Crippen LogP contribution in [0.2, 0.25) is 5.02 Å². The van der Waals surface area contributed by atoms with Gasteiger partial charge < -0.3 is 9.64 Å². The highest BCUT2D eigenvalue weighted by molar-refractivity contribution is 6.30. The molecule has 1 amide bonds. The zero-order valence-corrected chi connectivity index (χ0v) is 15.7. The number of carbonyl (C=O) groups is 1. The summed E-state index contributed by atoms with van der Waals surface area (Å²) in [7, 11) is 0. The molecule has 2 aromatic carbocycles. The van der Waals surface area contributed by atoms with Crippen molar-refractivity contribution in [1.29, 1.82) is 0 Å². The lowest BCUT2D eigenvalue weighted by Gasteiger charge is -2.43. The van der Waals surface area contributed by atoms with Gasteiger partial charge in [0.05, 0.1) is 11.1 Å². The highest BCUT2D eigenvalue weighted by atomic mass is 35.5. The number of amides is 1. The van der Waals surface area contributed by atoms with Crippen molar-refractivity contribution in [1.82, 2.24) is 4.90 Å². The topological polar surface area (TPSA) is 29.5 Å². The van der Waals surface area contributed by atoms with Crippen molar-refractivity contribution < 1.29 is 18.3 Å². The van der Waals surface area contributed by atoms with Crippen molar-refractivity contribution in [3.63, 3.8) is 0 Å². The average molecular weight is 392 g/mol. The Balaban J connectivity index is 1.84. The van der Waals surface area contributed by atoms with Gasteiger partial charge in [-0.1, -0.05) is 35.9 Å². The third-order valence-electron chi connectivity index (χ3n) is 5.01. The number of cyclic esters (lactones) is 1. The zero-order chi connectivity index (χ0) is 19.6. The first kappa shape index (κ1) is 19.4. The van der Waals surface area contributed by atoms with Crippen LogP contribution in [0.5, 0.6) is 0 Å². The Morgan fingerprint density at radius 3 is 2.59 bits per heavy atom. The van der Waals surface area contributed by atoms with Gasteiger partial charge in [0, 0.05) is 19.4 Å². The summed E-state index contributed by atoms with van der Waals surface area (Å²) >= 11 is 5.73. The second-order valence-corrected chi connectivity index (χ2v) is 7.06. The molecule has 6 heteroatoms. The molecule has 2 atom stereocenters. The minimum Gasteiger partial charge on any atom is -0.437 e. The van der Waals surface area contributed by atoms with E-state index in [4.69, 9.17) is 16.3 Å². The number of benzene rings is 2. The van der Waals surface area contributed by atoms with Gasteiger partial charge >= 0.3 is 6.09 Å². The molecule has 1 aliphatic heterocycles. The molecular weight excluding hydrogens is 372 g/mol. The van der Waals surface area contributed by atoms with Crippen LogP contribution in [0.15, 0.2) is 55.1 Å². The van der Waals surface area contributed by atoms with Crippen molar-refractivity contribution in [2.24, 2.45) is 0 Å². The molecule has 0 bridgehead atoms. The summed E-state index contributed by atoms with van der Waals surface area (Å²) in [5, 5.41) is 0.0356. The van der Waals surface area contributed by atoms with Crippen molar-refractivity contribution in [2.45, 2.75) is 31.4 Å². The largest absolute Gasteiger partial charge is 0.437 e. The lowest BCUT2D eigenvalue weighted by atomic mass is 9.85. The predicted octanol–water partition coefficient (Wildman–Crippen LogP) is 5.99. The van der Waals surface area contributed by atoms with Crippen LogP contribution in [0.4, 0.5) is 13.6 Å². The van der Waals surface area contributed by atoms with Gasteiger partial charge in [-0.25, -0.2) is 13.6 Å². The van der Waals surface area contributed by atoms with Crippen LogP contribution in [0, 0.1) is 11.6 Å². The van der Waals surface area contributed by atoms with E-state index in [1.165, 1.54) is 24.3 Å². The van der Waals surface area contributed by atoms with E-state index in [9.17, 15) is 13.6 Å². The van der Waals surface area contributed by atoms with Crippen LogP contribution in [0.1, 0.15) is 36.9 Å². The first-order valence-electron chi connectivity index (χ1n) is 8.68. The van der Waals surface area contributed by atoms with Crippen molar-refractivity contribution >= 4 is 17.7 Å². The summed E-state index contributed by atoms with van der Waals surface area (Å²) in [4.78, 5) is 14.3. The van der Waals surface area contributed by atoms with Gasteiger partial charge in [-0.3, -0.25) is 0 Å². The molecule has 3 nitrogen and oxygen atoms in total. The molecule has 3 rings (SSSR count). The van der Waals surface area contributed by atoms with Crippen LogP contribution in [-0.4, -0.2) is 17.5 Å². The van der Waals surface area contributed by atoms with Crippen molar-refractivity contribution in [3.05, 3.63) is 82.9 Å². The molecule has 0 N–H and O–H groups in total. The lowest BCUT2D eigenvalue weighted by Crippen LogP contribution is -2.48. The van der Waals surface area contributed by atoms with E-state index >= 15 is 0 Å². The third kappa shape index (κ3) is 3.83. The minimum absolute atomic E-state index is 0.0356. The number of halogens is 3. The van der Waals surface area contributed by atoms with Crippen molar-refractivity contribution in [3.8, 4) is 0 Å². The monoisotopic (exact) mass is 391 g/mol. The van der Waals surface area contributed by atoms with E-state index in [1.54, 1.807) is 29.2 Å². The van der Waals surface area contributed by atoms with Crippen LogP contribution in [0.3, 0.4) is 0 Å². The maximum atomic E-state index is 13.8. The first-order valence-corrected chi connectivity index (χ1v) is 9.05. The summed E-state index contributed by atoms with van der Waals surface area (Å²) in [6, 6.07) is 10.1. The fourth-order valence-electron chi connectivity index (χ4n) is 3.42. The lowest BCUT2D eigenvalue weighted by molar-refractivity contribution is -0.0589. The van der Waals surface area contributed by atoms with E-state index < -0.39 is 17.5 Å². The van der Waals surface area contributed by atoms with Crippen LogP contribution in [0.25, 0.3) is 0 Å². The molecule has 0 radical (unpaired) electrons. The van der Waals surface area contributed by atoms with Crippen LogP contribution in [-0.2, 0) is 10.3 Å². The summed E-state index contributed by atoms with van der Waals surface area (Å²) in [5.74, 6) is -0.881. The number of hydrogen-bond acceptors (Lipinski definition) is 2. The molecule has 0 spiro atoms. The molecule has 0 saturated carbocycles. The maximum Gasteiger partial charge on any atom is 0.411 e. The molecule has 1 aliphatic rings. The van der Waals surface area contributed by atoms with Crippen LogP contribution < -0.4 is 0 Å². The first-order chi connectivity index (χ1) is 12.9. The normalized spacial score (nSPS) is 20.9. The maximum absolute atomic E-state index is 13.8. The zero-order valence-electron chi connectivity index (χ0n) is 14.9. The number of carbonyl (C=O) groups excluding carboxylic acids is 1. The van der Waals surface area contributed by atoms with Gasteiger partial charge in [-0.2, -0.15) is 0 Å². The third-order valence-corrected chi connectivity index (χ3v) is 5.32. The molecule has 0 aromatic heterocycles. The highest BCUT2D eigenvalue weighted by Gasteiger charge is 2.42. The summed E-state index contributed by atoms with van der Waals surface area (Å²) in [5.41, 5.74) is 0.474. The Labute approximate surface area is 162 Å². The molecule has 1 saturated heterocycles. The van der Waals surface area contributed by atoms with E-state index in [2.05, 4.69) is 6.58 Å². The summed E-state index contributed by atoms with van der Waals surface area (Å²) in [6.07, 6.45) is 2.11. The molecule has 1 fully saturated rings. The Kier molecular flexibility index (Phi) is 5.51. The second kappa shape index (κ2) is 7.69. The Hall–Kier alpha value is -2.40. The van der Waals surface area contributed by atoms with Gasteiger partial charge in [0.15, 0.2) is 0 Å². The molecule has 0 unspecified atom stereocenters. The Bertz CT molecular complexity index is 856. The fourth-order valence-corrected chi connectivity index (χ4v) is 3.54. The highest BCUT2D eigenvalue weighted by Crippen LogP contribution is 2.40. The number of rotatable bonds is 5. The van der Waals surface area contributed by atoms with Crippen LogP contribution >= 0.6 is 11.6 Å². The second-order valence-electron chi connectivity index (χ2n) is 6.65. The smallest absolute Gasteiger partial charge is 0.411 e. The standard InChI is InChI=1S/C21H20ClF2NO2/c1-3-10-21(16-5-7-17(23)8-6-16)11-12-25(20(26)27-21)14(2)15-4-9-18(22)19(24)13-15/h3-9,13-14H,1,10-12H2,2H3/t14-,21+/m1/s1. The van der Waals surface area contributed by atoms with E-state index in [0.29, 0.717) is 24.9 Å². The number of hydrogen-bond donors (Lipinski definition) is 0. The van der Waals surface area contributed by atoms with Gasteiger partial charge in [0.1, 0.15) is 17.2 Å². The minimum atomic E-state index is -0.881. The van der Waals surface area contributed by atoms with E-state index in [-0.39, 0.29) is 16.9 Å². The molecule has 2 aromatic rings. The number of nitrogens with zero attached hydrogens (tertiary/aromatic N) is 1. The predicted molar refractivity (Wildman–Crippen MR) is 101 cm³/mol. The molecular formula is C21H20ClF2NO2. The number of ether oxygens (including phenoxy) is 1. The fraction of sp³-hybridized carbons (Fsp3) is 0.286. The van der Waals surface area contributed by atoms with Gasteiger partial charge in [-0.15, -0.1) is 6.58 Å². The average Bonchev–Trinajstić information content (AvgIpc) is 2.64. The van der Waals surface area contributed by atoms with Gasteiger partial charge in [-0.05, 0) is 42.3 Å². The Morgan fingerprint density at radius 1 is 1.30 bits per heavy atom. The quantitative estimate of drug-likeness (QED) is 0.585. The van der Waals surface area contributed by atoms with Gasteiger partial charge in [0.25, 0.3) is 0 Å².